The summed E-state index contributed by atoms with van der Waals surface area (Å²) in [5, 5.41) is -0.823. The van der Waals surface area contributed by atoms with E-state index in [9.17, 15) is 9.59 Å². The Morgan fingerprint density at radius 3 is 2.20 bits per heavy atom. The molecule has 0 amide bonds. The predicted octanol–water partition coefficient (Wildman–Crippen LogP) is 1.60. The summed E-state index contributed by atoms with van der Waals surface area (Å²) < 4.78 is 9.84. The fourth-order valence-electron chi connectivity index (χ4n) is 1.50. The molecule has 0 fully saturated rings. The van der Waals surface area contributed by atoms with E-state index in [-0.39, 0.29) is 13.2 Å². The maximum Gasteiger partial charge on any atom is 0.324 e. The van der Waals surface area contributed by atoms with Gasteiger partial charge in [-0.05, 0) is 26.0 Å². The molecule has 20 heavy (non-hydrogen) atoms. The fourth-order valence-corrected chi connectivity index (χ4v) is 2.53. The van der Waals surface area contributed by atoms with Crippen LogP contribution in [0.25, 0.3) is 0 Å². The van der Waals surface area contributed by atoms with Crippen LogP contribution in [0, 0.1) is 0 Å². The van der Waals surface area contributed by atoms with Gasteiger partial charge in [-0.1, -0.05) is 18.2 Å². The van der Waals surface area contributed by atoms with Crippen LogP contribution in [-0.4, -0.2) is 36.4 Å². The molecule has 0 aliphatic carbocycles. The number of thioether (sulfide) groups is 1. The molecule has 1 aromatic carbocycles. The highest BCUT2D eigenvalue weighted by molar-refractivity contribution is 8.00. The molecule has 0 heterocycles. The van der Waals surface area contributed by atoms with Gasteiger partial charge < -0.3 is 15.2 Å². The molecule has 0 bridgehead atoms. The van der Waals surface area contributed by atoms with Gasteiger partial charge in [0.1, 0.15) is 11.3 Å². The SMILES string of the molecule is CCOC(=O)[C@H](N)[C@@H](Sc1ccccc1)C(=O)OCC. The Bertz CT molecular complexity index is 438. The Balaban J connectivity index is 2.84. The van der Waals surface area contributed by atoms with Crippen LogP contribution in [0.4, 0.5) is 0 Å². The molecule has 0 saturated heterocycles. The largest absolute Gasteiger partial charge is 0.465 e. The van der Waals surface area contributed by atoms with Crippen molar-refractivity contribution in [2.45, 2.75) is 30.0 Å². The van der Waals surface area contributed by atoms with E-state index in [0.29, 0.717) is 0 Å². The summed E-state index contributed by atoms with van der Waals surface area (Å²) in [6.45, 7) is 3.85. The highest BCUT2D eigenvalue weighted by atomic mass is 32.2. The first-order valence-corrected chi connectivity index (χ1v) is 7.28. The van der Waals surface area contributed by atoms with Gasteiger partial charge in [-0.2, -0.15) is 0 Å². The van der Waals surface area contributed by atoms with Crippen LogP contribution in [0.3, 0.4) is 0 Å². The van der Waals surface area contributed by atoms with E-state index in [4.69, 9.17) is 15.2 Å². The summed E-state index contributed by atoms with van der Waals surface area (Å²) in [4.78, 5) is 24.5. The van der Waals surface area contributed by atoms with Crippen LogP contribution in [0.1, 0.15) is 13.8 Å². The Hall–Kier alpha value is -1.53. The fraction of sp³-hybridized carbons (Fsp3) is 0.429. The molecule has 5 nitrogen and oxygen atoms in total. The third kappa shape index (κ3) is 4.86. The van der Waals surface area contributed by atoms with Crippen molar-refractivity contribution < 1.29 is 19.1 Å². The van der Waals surface area contributed by atoms with Gasteiger partial charge >= 0.3 is 11.9 Å². The van der Waals surface area contributed by atoms with Crippen molar-refractivity contribution in [3.63, 3.8) is 0 Å². The van der Waals surface area contributed by atoms with Crippen LogP contribution in [-0.2, 0) is 19.1 Å². The lowest BCUT2D eigenvalue weighted by molar-refractivity contribution is -0.150. The van der Waals surface area contributed by atoms with E-state index >= 15 is 0 Å². The quantitative estimate of drug-likeness (QED) is 0.608. The minimum atomic E-state index is -1.06. The van der Waals surface area contributed by atoms with E-state index in [0.717, 1.165) is 4.90 Å². The molecule has 0 unspecified atom stereocenters. The molecule has 0 aromatic heterocycles. The zero-order valence-electron chi connectivity index (χ0n) is 11.6. The number of carbonyl (C=O) groups is 2. The van der Waals surface area contributed by atoms with Gasteiger partial charge in [0.25, 0.3) is 0 Å². The van der Waals surface area contributed by atoms with Gasteiger partial charge in [-0.15, -0.1) is 11.8 Å². The van der Waals surface area contributed by atoms with Crippen molar-refractivity contribution in [1.82, 2.24) is 0 Å². The zero-order valence-corrected chi connectivity index (χ0v) is 12.4. The van der Waals surface area contributed by atoms with Gasteiger partial charge in [0.15, 0.2) is 0 Å². The lowest BCUT2D eigenvalue weighted by Crippen LogP contribution is -2.46. The third-order valence-corrected chi connectivity index (χ3v) is 3.69. The van der Waals surface area contributed by atoms with Crippen LogP contribution < -0.4 is 5.73 Å². The number of nitrogens with two attached hydrogens (primary N) is 1. The minimum Gasteiger partial charge on any atom is -0.465 e. The van der Waals surface area contributed by atoms with Gasteiger partial charge in [-0.3, -0.25) is 9.59 Å². The first-order valence-electron chi connectivity index (χ1n) is 6.40. The van der Waals surface area contributed by atoms with Crippen LogP contribution in [0.2, 0.25) is 0 Å². The minimum absolute atomic E-state index is 0.220. The lowest BCUT2D eigenvalue weighted by Gasteiger charge is -2.20. The van der Waals surface area contributed by atoms with E-state index < -0.39 is 23.2 Å². The smallest absolute Gasteiger partial charge is 0.324 e. The van der Waals surface area contributed by atoms with Crippen LogP contribution in [0.5, 0.6) is 0 Å². The zero-order chi connectivity index (χ0) is 15.0. The molecule has 1 rings (SSSR count). The van der Waals surface area contributed by atoms with Crippen molar-refractivity contribution in [3.05, 3.63) is 30.3 Å². The molecule has 0 aliphatic heterocycles. The second-order valence-corrected chi connectivity index (χ2v) is 5.10. The highest BCUT2D eigenvalue weighted by Crippen LogP contribution is 2.26. The second kappa shape index (κ2) is 8.60. The number of esters is 2. The molecule has 110 valence electrons. The Morgan fingerprint density at radius 2 is 1.65 bits per heavy atom. The first-order chi connectivity index (χ1) is 9.60. The molecule has 0 radical (unpaired) electrons. The van der Waals surface area contributed by atoms with Gasteiger partial charge in [0, 0.05) is 4.90 Å². The number of hydrogen-bond acceptors (Lipinski definition) is 6. The van der Waals surface area contributed by atoms with Crippen molar-refractivity contribution in [2.75, 3.05) is 13.2 Å². The Kier molecular flexibility index (Phi) is 7.11. The third-order valence-electron chi connectivity index (χ3n) is 2.41. The van der Waals surface area contributed by atoms with Gasteiger partial charge in [0.2, 0.25) is 0 Å². The normalized spacial score (nSPS) is 13.3. The monoisotopic (exact) mass is 297 g/mol. The summed E-state index contributed by atoms with van der Waals surface area (Å²) in [6, 6.07) is 8.19. The maximum absolute atomic E-state index is 12.0. The summed E-state index contributed by atoms with van der Waals surface area (Å²) >= 11 is 1.20. The number of benzene rings is 1. The van der Waals surface area contributed by atoms with E-state index in [1.807, 2.05) is 30.3 Å². The number of carbonyl (C=O) groups excluding carboxylic acids is 2. The topological polar surface area (TPSA) is 78.6 Å². The summed E-state index contributed by atoms with van der Waals surface area (Å²) in [5.74, 6) is -1.11. The first kappa shape index (κ1) is 16.5. The van der Waals surface area contributed by atoms with E-state index in [1.54, 1.807) is 13.8 Å². The predicted molar refractivity (Wildman–Crippen MR) is 77.3 cm³/mol. The summed E-state index contributed by atoms with van der Waals surface area (Å²) in [5.41, 5.74) is 5.83. The molecule has 6 heteroatoms. The van der Waals surface area contributed by atoms with Gasteiger partial charge in [0.05, 0.1) is 13.2 Å². The number of hydrogen-bond donors (Lipinski definition) is 1. The average Bonchev–Trinajstić information content (AvgIpc) is 2.45. The Morgan fingerprint density at radius 1 is 1.10 bits per heavy atom. The highest BCUT2D eigenvalue weighted by Gasteiger charge is 2.34. The van der Waals surface area contributed by atoms with Crippen molar-refractivity contribution >= 4 is 23.7 Å². The van der Waals surface area contributed by atoms with E-state index in [1.165, 1.54) is 11.8 Å². The molecule has 2 atom stereocenters. The molecular formula is C14H19NO4S. The van der Waals surface area contributed by atoms with Crippen molar-refractivity contribution in [2.24, 2.45) is 5.73 Å². The second-order valence-electron chi connectivity index (χ2n) is 3.88. The molecule has 0 spiro atoms. The van der Waals surface area contributed by atoms with Crippen LogP contribution >= 0.6 is 11.8 Å². The molecule has 0 saturated carbocycles. The standard InChI is InChI=1S/C14H19NO4S/c1-3-18-13(16)11(15)12(14(17)19-4-2)20-10-8-6-5-7-9-10/h5-9,11-12H,3-4,15H2,1-2H3/t11-,12-/m1/s1. The molecule has 0 aliphatic rings. The molecular weight excluding hydrogens is 278 g/mol. The van der Waals surface area contributed by atoms with E-state index in [2.05, 4.69) is 0 Å². The van der Waals surface area contributed by atoms with Gasteiger partial charge in [-0.25, -0.2) is 0 Å². The molecule has 1 aromatic rings. The number of ether oxygens (including phenoxy) is 2. The van der Waals surface area contributed by atoms with Crippen molar-refractivity contribution in [1.29, 1.82) is 0 Å². The Labute approximate surface area is 122 Å². The van der Waals surface area contributed by atoms with Crippen LogP contribution in [0.15, 0.2) is 35.2 Å². The lowest BCUT2D eigenvalue weighted by atomic mass is 10.2. The molecule has 2 N–H and O–H groups in total. The summed E-state index contributed by atoms with van der Waals surface area (Å²) in [6.07, 6.45) is 0. The average molecular weight is 297 g/mol. The maximum atomic E-state index is 12.0. The summed E-state index contributed by atoms with van der Waals surface area (Å²) in [7, 11) is 0. The number of rotatable bonds is 7. The van der Waals surface area contributed by atoms with Crippen molar-refractivity contribution in [3.8, 4) is 0 Å².